The zero-order valence-corrected chi connectivity index (χ0v) is 16.6. The van der Waals surface area contributed by atoms with Crippen molar-refractivity contribution in [2.45, 2.75) is 64.8 Å². The molecule has 144 valence electrons. The van der Waals surface area contributed by atoms with Crippen molar-refractivity contribution in [2.24, 2.45) is 0 Å². The molecular formula is C19H28ClN3O3. The predicted octanol–water partition coefficient (Wildman–Crippen LogP) is 3.12. The van der Waals surface area contributed by atoms with Gasteiger partial charge in [-0.3, -0.25) is 4.79 Å². The summed E-state index contributed by atoms with van der Waals surface area (Å²) in [4.78, 5) is 24.3. The molecule has 0 bridgehead atoms. The largest absolute Gasteiger partial charge is 0.444 e. The van der Waals surface area contributed by atoms with E-state index >= 15 is 0 Å². The first kappa shape index (κ1) is 20.5. The molecule has 0 unspecified atom stereocenters. The number of benzene rings is 1. The standard InChI is InChI=1S/C19H28ClN3O3/c1-18(2,3)26-17(25)22-11-13-6-7-15(20)10-14(13)12-21-16(24)19(4)8-5-9-23-19/h6-7,10,23H,5,8-9,11-12H2,1-4H3,(H,21,24)(H,22,25)/t19-/m0/s1. The van der Waals surface area contributed by atoms with Crippen molar-refractivity contribution in [1.29, 1.82) is 0 Å². The first-order valence-electron chi connectivity index (χ1n) is 8.86. The quantitative estimate of drug-likeness (QED) is 0.732. The van der Waals surface area contributed by atoms with E-state index in [1.807, 2.05) is 33.8 Å². The van der Waals surface area contributed by atoms with Crippen LogP contribution < -0.4 is 16.0 Å². The van der Waals surface area contributed by atoms with Crippen LogP contribution >= 0.6 is 11.6 Å². The Kier molecular flexibility index (Phi) is 6.53. The summed E-state index contributed by atoms with van der Waals surface area (Å²) in [6.07, 6.45) is 1.33. The summed E-state index contributed by atoms with van der Waals surface area (Å²) in [5.74, 6) is -0.0268. The number of amides is 2. The van der Waals surface area contributed by atoms with Gasteiger partial charge >= 0.3 is 6.09 Å². The van der Waals surface area contributed by atoms with E-state index in [1.165, 1.54) is 0 Å². The lowest BCUT2D eigenvalue weighted by Gasteiger charge is -2.23. The van der Waals surface area contributed by atoms with Gasteiger partial charge in [-0.15, -0.1) is 0 Å². The number of halogens is 1. The number of nitrogens with one attached hydrogen (secondary N) is 3. The molecule has 1 aliphatic heterocycles. The van der Waals surface area contributed by atoms with E-state index in [4.69, 9.17) is 16.3 Å². The zero-order valence-electron chi connectivity index (χ0n) is 15.9. The van der Waals surface area contributed by atoms with Crippen molar-refractivity contribution < 1.29 is 14.3 Å². The van der Waals surface area contributed by atoms with E-state index in [0.717, 1.165) is 30.5 Å². The molecule has 0 spiro atoms. The Labute approximate surface area is 160 Å². The molecule has 0 saturated carbocycles. The minimum absolute atomic E-state index is 0.0268. The number of ether oxygens (including phenoxy) is 1. The number of alkyl carbamates (subject to hydrolysis) is 1. The van der Waals surface area contributed by atoms with Gasteiger partial charge < -0.3 is 20.7 Å². The Balaban J connectivity index is 1.98. The third kappa shape index (κ3) is 5.88. The molecule has 1 atom stereocenters. The van der Waals surface area contributed by atoms with Crippen molar-refractivity contribution in [1.82, 2.24) is 16.0 Å². The fourth-order valence-corrected chi connectivity index (χ4v) is 3.07. The summed E-state index contributed by atoms with van der Waals surface area (Å²) in [7, 11) is 0. The number of carbonyl (C=O) groups excluding carboxylic acids is 2. The highest BCUT2D eigenvalue weighted by Gasteiger charge is 2.35. The molecule has 26 heavy (non-hydrogen) atoms. The van der Waals surface area contributed by atoms with Crippen molar-refractivity contribution in [3.63, 3.8) is 0 Å². The van der Waals surface area contributed by atoms with Crippen LogP contribution in [0.3, 0.4) is 0 Å². The van der Waals surface area contributed by atoms with Crippen molar-refractivity contribution >= 4 is 23.6 Å². The normalized spacial score (nSPS) is 19.9. The average molecular weight is 382 g/mol. The molecule has 1 heterocycles. The number of carbonyl (C=O) groups is 2. The smallest absolute Gasteiger partial charge is 0.407 e. The van der Waals surface area contributed by atoms with Crippen LogP contribution in [0.25, 0.3) is 0 Å². The topological polar surface area (TPSA) is 79.5 Å². The molecule has 7 heteroatoms. The second-order valence-corrected chi connectivity index (χ2v) is 8.25. The summed E-state index contributed by atoms with van der Waals surface area (Å²) in [6.45, 7) is 8.85. The number of hydrogen-bond donors (Lipinski definition) is 3. The van der Waals surface area contributed by atoms with E-state index in [9.17, 15) is 9.59 Å². The van der Waals surface area contributed by atoms with Crippen LogP contribution in [0.5, 0.6) is 0 Å². The molecule has 3 N–H and O–H groups in total. The summed E-state index contributed by atoms with van der Waals surface area (Å²) in [6, 6.07) is 5.41. The fraction of sp³-hybridized carbons (Fsp3) is 0.579. The lowest BCUT2D eigenvalue weighted by atomic mass is 9.99. The van der Waals surface area contributed by atoms with Gasteiger partial charge in [0.2, 0.25) is 5.91 Å². The first-order chi connectivity index (χ1) is 12.1. The highest BCUT2D eigenvalue weighted by molar-refractivity contribution is 6.30. The van der Waals surface area contributed by atoms with Crippen LogP contribution in [0.4, 0.5) is 4.79 Å². The van der Waals surface area contributed by atoms with E-state index in [2.05, 4.69) is 16.0 Å². The molecular weight excluding hydrogens is 354 g/mol. The van der Waals surface area contributed by atoms with Crippen molar-refractivity contribution in [3.8, 4) is 0 Å². The third-order valence-corrected chi connectivity index (χ3v) is 4.53. The van der Waals surface area contributed by atoms with Gasteiger partial charge in [-0.25, -0.2) is 4.79 Å². The Morgan fingerprint density at radius 3 is 2.54 bits per heavy atom. The third-order valence-electron chi connectivity index (χ3n) is 4.30. The van der Waals surface area contributed by atoms with E-state index in [0.29, 0.717) is 18.1 Å². The van der Waals surface area contributed by atoms with Crippen LogP contribution in [-0.4, -0.2) is 29.7 Å². The maximum Gasteiger partial charge on any atom is 0.407 e. The molecule has 2 rings (SSSR count). The van der Waals surface area contributed by atoms with Gasteiger partial charge in [0.1, 0.15) is 5.60 Å². The molecule has 0 aromatic heterocycles. The van der Waals surface area contributed by atoms with Gasteiger partial charge in [0.05, 0.1) is 5.54 Å². The summed E-state index contributed by atoms with van der Waals surface area (Å²) in [5.41, 5.74) is 0.673. The highest BCUT2D eigenvalue weighted by Crippen LogP contribution is 2.20. The van der Waals surface area contributed by atoms with E-state index in [-0.39, 0.29) is 5.91 Å². The van der Waals surface area contributed by atoms with Crippen LogP contribution in [0.15, 0.2) is 18.2 Å². The maximum absolute atomic E-state index is 12.5. The molecule has 2 amide bonds. The second-order valence-electron chi connectivity index (χ2n) is 7.81. The SMILES string of the molecule is CC(C)(C)OC(=O)NCc1ccc(Cl)cc1CNC(=O)[C@]1(C)CCCN1. The van der Waals surface area contributed by atoms with Crippen molar-refractivity contribution in [2.75, 3.05) is 6.54 Å². The van der Waals surface area contributed by atoms with Gasteiger partial charge in [-0.2, -0.15) is 0 Å². The molecule has 1 saturated heterocycles. The van der Waals surface area contributed by atoms with E-state index < -0.39 is 17.2 Å². The lowest BCUT2D eigenvalue weighted by molar-refractivity contribution is -0.126. The van der Waals surface area contributed by atoms with Crippen LogP contribution in [0.2, 0.25) is 5.02 Å². The van der Waals surface area contributed by atoms with Gasteiger partial charge in [0, 0.05) is 18.1 Å². The molecule has 1 aromatic carbocycles. The predicted molar refractivity (Wildman–Crippen MR) is 102 cm³/mol. The Morgan fingerprint density at radius 1 is 1.23 bits per heavy atom. The fourth-order valence-electron chi connectivity index (χ4n) is 2.87. The van der Waals surface area contributed by atoms with Crippen LogP contribution in [0, 0.1) is 0 Å². The van der Waals surface area contributed by atoms with Crippen molar-refractivity contribution in [3.05, 3.63) is 34.3 Å². The molecule has 0 radical (unpaired) electrons. The Morgan fingerprint density at radius 2 is 1.92 bits per heavy atom. The lowest BCUT2D eigenvalue weighted by Crippen LogP contribution is -2.50. The minimum atomic E-state index is -0.551. The number of hydrogen-bond acceptors (Lipinski definition) is 4. The highest BCUT2D eigenvalue weighted by atomic mass is 35.5. The van der Waals surface area contributed by atoms with Gasteiger partial charge in [-0.05, 0) is 70.3 Å². The average Bonchev–Trinajstić information content (AvgIpc) is 2.98. The Hall–Kier alpha value is -1.79. The molecule has 0 aliphatic carbocycles. The minimum Gasteiger partial charge on any atom is -0.444 e. The molecule has 1 aromatic rings. The van der Waals surface area contributed by atoms with Gasteiger partial charge in [0.15, 0.2) is 0 Å². The number of rotatable bonds is 5. The van der Waals surface area contributed by atoms with Gasteiger partial charge in [0.25, 0.3) is 0 Å². The zero-order chi connectivity index (χ0) is 19.4. The molecule has 6 nitrogen and oxygen atoms in total. The van der Waals surface area contributed by atoms with E-state index in [1.54, 1.807) is 12.1 Å². The summed E-state index contributed by atoms with van der Waals surface area (Å²) in [5, 5.41) is 9.54. The van der Waals surface area contributed by atoms with Crippen LogP contribution in [-0.2, 0) is 22.6 Å². The monoisotopic (exact) mass is 381 g/mol. The second kappa shape index (κ2) is 8.27. The Bertz CT molecular complexity index is 664. The summed E-state index contributed by atoms with van der Waals surface area (Å²) < 4.78 is 5.25. The van der Waals surface area contributed by atoms with Gasteiger partial charge in [-0.1, -0.05) is 17.7 Å². The molecule has 1 aliphatic rings. The van der Waals surface area contributed by atoms with Crippen LogP contribution in [0.1, 0.15) is 51.7 Å². The maximum atomic E-state index is 12.5. The molecule has 1 fully saturated rings. The summed E-state index contributed by atoms with van der Waals surface area (Å²) >= 11 is 6.10. The first-order valence-corrected chi connectivity index (χ1v) is 9.24.